The largest absolute Gasteiger partial charge is 0.454 e. The second kappa shape index (κ2) is 9.91. The normalized spacial score (nSPS) is 15.4. The number of carbonyl (C=O) groups excluding carboxylic acids is 2. The zero-order valence-electron chi connectivity index (χ0n) is 20.2. The molecule has 3 aromatic carbocycles. The minimum atomic E-state index is -0.256. The first-order valence-corrected chi connectivity index (χ1v) is 12.5. The number of nitrogens with zero attached hydrogens (tertiary/aromatic N) is 2. The molecule has 0 saturated heterocycles. The Bertz CT molecular complexity index is 1410. The highest BCUT2D eigenvalue weighted by atomic mass is 32.2. The van der Waals surface area contributed by atoms with Crippen molar-refractivity contribution >= 4 is 46.2 Å². The van der Waals surface area contributed by atoms with Gasteiger partial charge in [0.2, 0.25) is 12.7 Å². The van der Waals surface area contributed by atoms with Crippen LogP contribution in [0.5, 0.6) is 11.5 Å². The molecule has 2 amide bonds. The van der Waals surface area contributed by atoms with E-state index in [1.54, 1.807) is 11.0 Å². The number of anilines is 2. The van der Waals surface area contributed by atoms with E-state index >= 15 is 0 Å². The Hall–Kier alpha value is -4.04. The van der Waals surface area contributed by atoms with Crippen molar-refractivity contribution in [1.29, 1.82) is 0 Å². The fourth-order valence-electron chi connectivity index (χ4n) is 3.88. The maximum atomic E-state index is 13.4. The molecule has 0 aromatic heterocycles. The number of aliphatic imine (C=N–C) groups is 1. The van der Waals surface area contributed by atoms with Crippen molar-refractivity contribution < 1.29 is 19.1 Å². The molecule has 0 bridgehead atoms. The van der Waals surface area contributed by atoms with Gasteiger partial charge in [-0.15, -0.1) is 0 Å². The minimum absolute atomic E-state index is 0.110. The van der Waals surface area contributed by atoms with E-state index in [0.717, 1.165) is 27.9 Å². The number of carbonyl (C=O) groups is 2. The summed E-state index contributed by atoms with van der Waals surface area (Å²) in [6.45, 7) is 6.15. The molecule has 2 aliphatic rings. The van der Waals surface area contributed by atoms with E-state index in [1.807, 2.05) is 81.4 Å². The molecule has 0 fully saturated rings. The Kier molecular flexibility index (Phi) is 6.52. The summed E-state index contributed by atoms with van der Waals surface area (Å²) in [7, 11) is 0. The summed E-state index contributed by atoms with van der Waals surface area (Å²) >= 11 is 1.22. The number of fused-ring (bicyclic) bond motifs is 1. The standard InChI is InChI=1S/C28H25N3O4S/c1-17-7-10-21(11-8-17)31-27(33)23(13-20-9-12-24-25(14-20)35-16-34-24)30-28(31)36-15-26(32)29-22-6-4-5-18(2)19(22)3/h4-14H,15-16H2,1-3H3,(H,29,32). The molecule has 0 saturated carbocycles. The van der Waals surface area contributed by atoms with E-state index in [-0.39, 0.29) is 30.1 Å². The highest BCUT2D eigenvalue weighted by Crippen LogP contribution is 2.34. The highest BCUT2D eigenvalue weighted by molar-refractivity contribution is 8.14. The smallest absolute Gasteiger partial charge is 0.283 e. The number of thioether (sulfide) groups is 1. The molecule has 7 nitrogen and oxygen atoms in total. The predicted molar refractivity (Wildman–Crippen MR) is 144 cm³/mol. The van der Waals surface area contributed by atoms with E-state index in [9.17, 15) is 9.59 Å². The van der Waals surface area contributed by atoms with Gasteiger partial charge in [-0.25, -0.2) is 4.99 Å². The molecule has 182 valence electrons. The summed E-state index contributed by atoms with van der Waals surface area (Å²) in [6.07, 6.45) is 1.72. The Balaban J connectivity index is 1.39. The highest BCUT2D eigenvalue weighted by Gasteiger charge is 2.32. The number of benzene rings is 3. The van der Waals surface area contributed by atoms with Crippen molar-refractivity contribution in [3.05, 3.63) is 88.6 Å². The Labute approximate surface area is 213 Å². The number of aryl methyl sites for hydroxylation is 2. The van der Waals surface area contributed by atoms with E-state index in [0.29, 0.717) is 22.4 Å². The average Bonchev–Trinajstić information content (AvgIpc) is 3.45. The fourth-order valence-corrected chi connectivity index (χ4v) is 4.69. The minimum Gasteiger partial charge on any atom is -0.454 e. The van der Waals surface area contributed by atoms with Crippen LogP contribution in [0.1, 0.15) is 22.3 Å². The lowest BCUT2D eigenvalue weighted by Crippen LogP contribution is -2.31. The molecule has 0 atom stereocenters. The lowest BCUT2D eigenvalue weighted by molar-refractivity contribution is -0.114. The van der Waals surface area contributed by atoms with Gasteiger partial charge in [-0.1, -0.05) is 47.7 Å². The van der Waals surface area contributed by atoms with Crippen molar-refractivity contribution in [2.75, 3.05) is 22.8 Å². The summed E-state index contributed by atoms with van der Waals surface area (Å²) < 4.78 is 10.8. The van der Waals surface area contributed by atoms with Crippen LogP contribution in [0, 0.1) is 20.8 Å². The third kappa shape index (κ3) is 4.85. The second-order valence-electron chi connectivity index (χ2n) is 8.60. The summed E-state index contributed by atoms with van der Waals surface area (Å²) in [4.78, 5) is 32.3. The summed E-state index contributed by atoms with van der Waals surface area (Å²) in [6, 6.07) is 18.9. The number of nitrogens with one attached hydrogen (secondary N) is 1. The van der Waals surface area contributed by atoms with Crippen molar-refractivity contribution in [2.45, 2.75) is 20.8 Å². The molecular formula is C28H25N3O4S. The fraction of sp³-hybridized carbons (Fsp3) is 0.179. The second-order valence-corrected chi connectivity index (χ2v) is 9.54. The van der Waals surface area contributed by atoms with E-state index in [2.05, 4.69) is 10.3 Å². The van der Waals surface area contributed by atoms with Gasteiger partial charge in [-0.2, -0.15) is 0 Å². The van der Waals surface area contributed by atoms with Crippen LogP contribution in [0.15, 0.2) is 71.4 Å². The van der Waals surface area contributed by atoms with Crippen LogP contribution in [0.3, 0.4) is 0 Å². The molecule has 1 N–H and O–H groups in total. The van der Waals surface area contributed by atoms with Crippen molar-refractivity contribution in [3.63, 3.8) is 0 Å². The SMILES string of the molecule is Cc1ccc(N2C(=O)C(=Cc3ccc4c(c3)OCO4)N=C2SCC(=O)Nc2cccc(C)c2C)cc1. The molecule has 0 radical (unpaired) electrons. The molecule has 5 rings (SSSR count). The van der Waals surface area contributed by atoms with Crippen LogP contribution in [0.4, 0.5) is 11.4 Å². The third-order valence-corrected chi connectivity index (χ3v) is 6.97. The monoisotopic (exact) mass is 499 g/mol. The number of amidine groups is 1. The molecule has 3 aromatic rings. The first-order valence-electron chi connectivity index (χ1n) is 11.5. The Morgan fingerprint density at radius 1 is 1.06 bits per heavy atom. The van der Waals surface area contributed by atoms with E-state index in [1.165, 1.54) is 11.8 Å². The first kappa shape index (κ1) is 23.7. The lowest BCUT2D eigenvalue weighted by atomic mass is 10.1. The van der Waals surface area contributed by atoms with Gasteiger partial charge in [0.05, 0.1) is 11.4 Å². The van der Waals surface area contributed by atoms with Crippen LogP contribution in [0.25, 0.3) is 6.08 Å². The van der Waals surface area contributed by atoms with Crippen LogP contribution in [0.2, 0.25) is 0 Å². The summed E-state index contributed by atoms with van der Waals surface area (Å²) in [5, 5.41) is 3.42. The maximum Gasteiger partial charge on any atom is 0.283 e. The zero-order valence-corrected chi connectivity index (χ0v) is 21.0. The van der Waals surface area contributed by atoms with Crippen molar-refractivity contribution in [2.24, 2.45) is 4.99 Å². The van der Waals surface area contributed by atoms with Gasteiger partial charge < -0.3 is 14.8 Å². The van der Waals surface area contributed by atoms with E-state index < -0.39 is 0 Å². The van der Waals surface area contributed by atoms with Gasteiger partial charge in [0.15, 0.2) is 16.7 Å². The van der Waals surface area contributed by atoms with Gasteiger partial charge in [-0.3, -0.25) is 14.5 Å². The van der Waals surface area contributed by atoms with Crippen LogP contribution in [-0.4, -0.2) is 29.5 Å². The molecule has 0 unspecified atom stereocenters. The van der Waals surface area contributed by atoms with Gasteiger partial charge in [0, 0.05) is 5.69 Å². The number of rotatable bonds is 5. The summed E-state index contributed by atoms with van der Waals surface area (Å²) in [5.74, 6) is 0.992. The Morgan fingerprint density at radius 3 is 2.64 bits per heavy atom. The van der Waals surface area contributed by atoms with Crippen molar-refractivity contribution in [1.82, 2.24) is 0 Å². The maximum absolute atomic E-state index is 13.4. The van der Waals surface area contributed by atoms with Gasteiger partial charge >= 0.3 is 0 Å². The summed E-state index contributed by atoms with van der Waals surface area (Å²) in [5.41, 5.74) is 5.75. The molecule has 2 heterocycles. The topological polar surface area (TPSA) is 80.2 Å². The van der Waals surface area contributed by atoms with Crippen LogP contribution < -0.4 is 19.7 Å². The predicted octanol–water partition coefficient (Wildman–Crippen LogP) is 5.46. The van der Waals surface area contributed by atoms with Crippen molar-refractivity contribution in [3.8, 4) is 11.5 Å². The zero-order chi connectivity index (χ0) is 25.2. The van der Waals surface area contributed by atoms with Gasteiger partial charge in [0.25, 0.3) is 5.91 Å². The molecule has 0 aliphatic carbocycles. The van der Waals surface area contributed by atoms with Crippen LogP contribution >= 0.6 is 11.8 Å². The number of hydrogen-bond acceptors (Lipinski definition) is 6. The molecular weight excluding hydrogens is 474 g/mol. The molecule has 8 heteroatoms. The molecule has 0 spiro atoms. The Morgan fingerprint density at radius 2 is 1.83 bits per heavy atom. The average molecular weight is 500 g/mol. The van der Waals surface area contributed by atoms with E-state index in [4.69, 9.17) is 9.47 Å². The molecule has 2 aliphatic heterocycles. The van der Waals surface area contributed by atoms with Gasteiger partial charge in [-0.05, 0) is 73.9 Å². The number of ether oxygens (including phenoxy) is 2. The quantitative estimate of drug-likeness (QED) is 0.472. The third-order valence-electron chi connectivity index (χ3n) is 6.03. The number of amides is 2. The molecule has 36 heavy (non-hydrogen) atoms. The number of hydrogen-bond donors (Lipinski definition) is 1. The lowest BCUT2D eigenvalue weighted by Gasteiger charge is -2.18. The van der Waals surface area contributed by atoms with Crippen LogP contribution in [-0.2, 0) is 9.59 Å². The first-order chi connectivity index (χ1) is 17.4. The van der Waals surface area contributed by atoms with Gasteiger partial charge in [0.1, 0.15) is 5.70 Å².